The molecule has 0 aromatic carbocycles. The first-order valence-electron chi connectivity index (χ1n) is 5.29. The Balaban J connectivity index is 2.56. The Morgan fingerprint density at radius 2 is 2.12 bits per heavy atom. The zero-order valence-corrected chi connectivity index (χ0v) is 9.91. The van der Waals surface area contributed by atoms with Crippen LogP contribution >= 0.6 is 0 Å². The molecule has 0 saturated carbocycles. The fourth-order valence-electron chi connectivity index (χ4n) is 1.17. The predicted molar refractivity (Wildman–Crippen MR) is 64.4 cm³/mol. The third kappa shape index (κ3) is 4.94. The van der Waals surface area contributed by atoms with E-state index in [0.717, 1.165) is 0 Å². The predicted octanol–water partition coefficient (Wildman–Crippen LogP) is 1.16. The Labute approximate surface area is 100 Å². The van der Waals surface area contributed by atoms with Gasteiger partial charge in [0.05, 0.1) is 0 Å². The largest absolute Gasteiger partial charge is 0.355 e. The first kappa shape index (κ1) is 12.9. The molecule has 0 saturated heterocycles. The highest BCUT2D eigenvalue weighted by Crippen LogP contribution is 2.01. The quantitative estimate of drug-likeness (QED) is 0.481. The number of ketones is 1. The number of hydrogen-bond acceptors (Lipinski definition) is 3. The number of hydrogen-bond donors (Lipinski definition) is 1. The number of amides is 1. The molecule has 4 nitrogen and oxygen atoms in total. The Morgan fingerprint density at radius 3 is 2.76 bits per heavy atom. The smallest absolute Gasteiger partial charge is 0.216 e. The van der Waals surface area contributed by atoms with E-state index in [9.17, 15) is 9.59 Å². The number of rotatable bonds is 3. The summed E-state index contributed by atoms with van der Waals surface area (Å²) in [5, 5.41) is 2.65. The van der Waals surface area contributed by atoms with Crippen molar-refractivity contribution in [3.8, 4) is 11.8 Å². The van der Waals surface area contributed by atoms with Gasteiger partial charge >= 0.3 is 0 Å². The molecule has 1 amide bonds. The Hall–Kier alpha value is -2.15. The van der Waals surface area contributed by atoms with Gasteiger partial charge < -0.3 is 5.32 Å². The van der Waals surface area contributed by atoms with Crippen molar-refractivity contribution in [1.29, 1.82) is 0 Å². The molecule has 17 heavy (non-hydrogen) atoms. The molecule has 1 rings (SSSR count). The van der Waals surface area contributed by atoms with Crippen LogP contribution in [0.2, 0.25) is 0 Å². The molecule has 0 aliphatic carbocycles. The molecular formula is C13H14N2O2. The molecule has 1 N–H and O–H groups in total. The van der Waals surface area contributed by atoms with E-state index in [4.69, 9.17) is 0 Å². The minimum atomic E-state index is -0.0629. The van der Waals surface area contributed by atoms with Crippen LogP contribution in [0.25, 0.3) is 0 Å². The summed E-state index contributed by atoms with van der Waals surface area (Å²) < 4.78 is 0. The van der Waals surface area contributed by atoms with Crippen LogP contribution in [0.15, 0.2) is 18.5 Å². The van der Waals surface area contributed by atoms with Gasteiger partial charge in [-0.2, -0.15) is 0 Å². The van der Waals surface area contributed by atoms with Gasteiger partial charge in [0.15, 0.2) is 5.78 Å². The van der Waals surface area contributed by atoms with Gasteiger partial charge in [0.25, 0.3) is 0 Å². The normalized spacial score (nSPS) is 9.06. The molecule has 0 aliphatic heterocycles. The Morgan fingerprint density at radius 1 is 1.35 bits per heavy atom. The van der Waals surface area contributed by atoms with Crippen molar-refractivity contribution in [1.82, 2.24) is 10.3 Å². The number of carbonyl (C=O) groups excluding carboxylic acids is 2. The van der Waals surface area contributed by atoms with Crippen molar-refractivity contribution in [2.45, 2.75) is 20.3 Å². The molecule has 4 heteroatoms. The molecule has 0 atom stereocenters. The fraction of sp³-hybridized carbons (Fsp3) is 0.308. The number of pyridine rings is 1. The monoisotopic (exact) mass is 230 g/mol. The Kier molecular flexibility index (Phi) is 4.89. The summed E-state index contributed by atoms with van der Waals surface area (Å²) in [7, 11) is 0. The van der Waals surface area contributed by atoms with Gasteiger partial charge in [-0.1, -0.05) is 11.8 Å². The number of Topliss-reactive ketones (excluding diaryl/α,β-unsaturated/α-hetero) is 1. The van der Waals surface area contributed by atoms with E-state index < -0.39 is 0 Å². The fourth-order valence-corrected chi connectivity index (χ4v) is 1.17. The summed E-state index contributed by atoms with van der Waals surface area (Å²) in [6.07, 6.45) is 3.70. The summed E-state index contributed by atoms with van der Waals surface area (Å²) in [5.74, 6) is 5.71. The van der Waals surface area contributed by atoms with Crippen molar-refractivity contribution in [3.63, 3.8) is 0 Å². The molecule has 0 spiro atoms. The van der Waals surface area contributed by atoms with Crippen LogP contribution in [0.3, 0.4) is 0 Å². The van der Waals surface area contributed by atoms with Crippen LogP contribution in [0, 0.1) is 11.8 Å². The van der Waals surface area contributed by atoms with Gasteiger partial charge in [-0.05, 0) is 13.0 Å². The van der Waals surface area contributed by atoms with Crippen molar-refractivity contribution in [2.75, 3.05) is 6.54 Å². The summed E-state index contributed by atoms with van der Waals surface area (Å²) in [6.45, 7) is 3.49. The average molecular weight is 230 g/mol. The van der Waals surface area contributed by atoms with E-state index in [1.165, 1.54) is 20.0 Å². The molecule has 88 valence electrons. The van der Waals surface area contributed by atoms with Crippen LogP contribution in [0.1, 0.15) is 36.2 Å². The van der Waals surface area contributed by atoms with Gasteiger partial charge in [0, 0.05) is 43.4 Å². The minimum absolute atomic E-state index is 0.0283. The zero-order valence-electron chi connectivity index (χ0n) is 9.91. The molecule has 1 aromatic heterocycles. The third-order valence-electron chi connectivity index (χ3n) is 2.00. The lowest BCUT2D eigenvalue weighted by atomic mass is 10.1. The molecule has 0 unspecified atom stereocenters. The van der Waals surface area contributed by atoms with Crippen LogP contribution in [-0.4, -0.2) is 23.2 Å². The summed E-state index contributed by atoms with van der Waals surface area (Å²) in [4.78, 5) is 25.6. The number of nitrogens with one attached hydrogen (secondary N) is 1. The maximum atomic E-state index is 11.1. The highest BCUT2D eigenvalue weighted by Gasteiger charge is 1.99. The van der Waals surface area contributed by atoms with Crippen molar-refractivity contribution in [3.05, 3.63) is 29.6 Å². The van der Waals surface area contributed by atoms with Gasteiger partial charge in [0.1, 0.15) is 0 Å². The van der Waals surface area contributed by atoms with E-state index in [2.05, 4.69) is 22.1 Å². The standard InChI is InChI=1S/C13H14N2O2/c1-10(16)13-7-12(8-14-9-13)5-3-4-6-15-11(2)17/h7-9H,4,6H2,1-2H3,(H,15,17). The molecule has 0 fully saturated rings. The van der Waals surface area contributed by atoms with E-state index in [1.807, 2.05) is 0 Å². The van der Waals surface area contributed by atoms with Gasteiger partial charge in [-0.25, -0.2) is 0 Å². The second-order valence-electron chi connectivity index (χ2n) is 3.55. The summed E-state index contributed by atoms with van der Waals surface area (Å²) >= 11 is 0. The average Bonchev–Trinajstić information content (AvgIpc) is 2.28. The molecule has 0 radical (unpaired) electrons. The maximum absolute atomic E-state index is 11.1. The molecule has 0 aliphatic rings. The van der Waals surface area contributed by atoms with E-state index >= 15 is 0 Å². The lowest BCUT2D eigenvalue weighted by molar-refractivity contribution is -0.118. The summed E-state index contributed by atoms with van der Waals surface area (Å²) in [5.41, 5.74) is 1.26. The number of nitrogens with zero attached hydrogens (tertiary/aromatic N) is 1. The topological polar surface area (TPSA) is 59.1 Å². The van der Waals surface area contributed by atoms with Gasteiger partial charge in [-0.3, -0.25) is 14.6 Å². The van der Waals surface area contributed by atoms with E-state index in [-0.39, 0.29) is 11.7 Å². The van der Waals surface area contributed by atoms with Crippen molar-refractivity contribution in [2.24, 2.45) is 0 Å². The van der Waals surface area contributed by atoms with Crippen molar-refractivity contribution < 1.29 is 9.59 Å². The second kappa shape index (κ2) is 6.44. The highest BCUT2D eigenvalue weighted by molar-refractivity contribution is 5.94. The lowest BCUT2D eigenvalue weighted by Gasteiger charge is -1.96. The van der Waals surface area contributed by atoms with E-state index in [1.54, 1.807) is 12.3 Å². The lowest BCUT2D eigenvalue weighted by Crippen LogP contribution is -2.20. The maximum Gasteiger partial charge on any atom is 0.216 e. The first-order valence-corrected chi connectivity index (χ1v) is 5.29. The first-order chi connectivity index (χ1) is 8.09. The summed E-state index contributed by atoms with van der Waals surface area (Å²) in [6, 6.07) is 1.71. The highest BCUT2D eigenvalue weighted by atomic mass is 16.1. The Bertz CT molecular complexity index is 484. The van der Waals surface area contributed by atoms with Crippen molar-refractivity contribution >= 4 is 11.7 Å². The van der Waals surface area contributed by atoms with Crippen LogP contribution < -0.4 is 5.32 Å². The van der Waals surface area contributed by atoms with Crippen LogP contribution in [0.5, 0.6) is 0 Å². The SMILES string of the molecule is CC(=O)NCCC#Cc1cncc(C(C)=O)c1. The molecule has 0 bridgehead atoms. The van der Waals surface area contributed by atoms with Crippen LogP contribution in [-0.2, 0) is 4.79 Å². The van der Waals surface area contributed by atoms with Gasteiger partial charge in [0.2, 0.25) is 5.91 Å². The third-order valence-corrected chi connectivity index (χ3v) is 2.00. The number of aromatic nitrogens is 1. The van der Waals surface area contributed by atoms with E-state index in [0.29, 0.717) is 24.1 Å². The number of carbonyl (C=O) groups is 2. The van der Waals surface area contributed by atoms with Gasteiger partial charge in [-0.15, -0.1) is 0 Å². The molecular weight excluding hydrogens is 216 g/mol. The molecule has 1 aromatic rings. The minimum Gasteiger partial charge on any atom is -0.355 e. The van der Waals surface area contributed by atoms with Crippen LogP contribution in [0.4, 0.5) is 0 Å². The zero-order chi connectivity index (χ0) is 12.7. The second-order valence-corrected chi connectivity index (χ2v) is 3.55. The molecule has 1 heterocycles.